The first-order chi connectivity index (χ1) is 14.2. The molecule has 0 aromatic heterocycles. The maximum absolute atomic E-state index is 11.6. The van der Waals surface area contributed by atoms with E-state index in [-0.39, 0.29) is 13.2 Å². The maximum Gasteiger partial charge on any atom is 0.333 e. The molecule has 30 heavy (non-hydrogen) atoms. The molecule has 0 N–H and O–H groups in total. The molecule has 6 heteroatoms. The van der Waals surface area contributed by atoms with Crippen molar-refractivity contribution in [2.45, 2.75) is 39.9 Å². The summed E-state index contributed by atoms with van der Waals surface area (Å²) >= 11 is 0. The quantitative estimate of drug-likeness (QED) is 0.419. The summed E-state index contributed by atoms with van der Waals surface area (Å²) in [7, 11) is 0. The van der Waals surface area contributed by atoms with Crippen LogP contribution in [0, 0.1) is 0 Å². The minimum Gasteiger partial charge on any atom is -0.489 e. The Morgan fingerprint density at radius 3 is 1.47 bits per heavy atom. The average molecular weight is 412 g/mol. The third-order valence-electron chi connectivity index (χ3n) is 4.10. The van der Waals surface area contributed by atoms with Gasteiger partial charge in [0.1, 0.15) is 36.9 Å². The van der Waals surface area contributed by atoms with Gasteiger partial charge in [0.25, 0.3) is 0 Å². The predicted molar refractivity (Wildman–Crippen MR) is 116 cm³/mol. The zero-order chi connectivity index (χ0) is 22.3. The molecule has 0 saturated heterocycles. The third kappa shape index (κ3) is 6.37. The molecule has 0 aliphatic carbocycles. The minimum atomic E-state index is -0.443. The fourth-order valence-corrected chi connectivity index (χ4v) is 2.54. The van der Waals surface area contributed by atoms with Crippen LogP contribution in [0.3, 0.4) is 0 Å². The first-order valence-corrected chi connectivity index (χ1v) is 9.69. The van der Waals surface area contributed by atoms with Crippen molar-refractivity contribution in [1.29, 1.82) is 0 Å². The third-order valence-corrected chi connectivity index (χ3v) is 4.10. The highest BCUT2D eigenvalue weighted by Crippen LogP contribution is 2.33. The molecule has 0 fully saturated rings. The summed E-state index contributed by atoms with van der Waals surface area (Å²) in [4.78, 5) is 23.2. The Morgan fingerprint density at radius 1 is 0.767 bits per heavy atom. The van der Waals surface area contributed by atoms with Gasteiger partial charge in [-0.3, -0.25) is 0 Å². The van der Waals surface area contributed by atoms with E-state index in [1.54, 1.807) is 39.8 Å². The first-order valence-electron chi connectivity index (χ1n) is 9.69. The summed E-state index contributed by atoms with van der Waals surface area (Å²) in [5.74, 6) is 0.415. The SMILES string of the molecule is C=C(C)C(=O)OC(C)COc1ccc(OCC(C)OC(=O)C(=C)C)c2ccccc12. The Bertz CT molecular complexity index is 869. The normalized spacial score (nSPS) is 12.5. The van der Waals surface area contributed by atoms with Crippen molar-refractivity contribution >= 4 is 22.7 Å². The van der Waals surface area contributed by atoms with Gasteiger partial charge in [0.2, 0.25) is 0 Å². The smallest absolute Gasteiger partial charge is 0.333 e. The number of benzene rings is 2. The van der Waals surface area contributed by atoms with Crippen molar-refractivity contribution in [1.82, 2.24) is 0 Å². The fraction of sp³-hybridized carbons (Fsp3) is 0.333. The zero-order valence-corrected chi connectivity index (χ0v) is 17.9. The van der Waals surface area contributed by atoms with Crippen LogP contribution in [0.1, 0.15) is 27.7 Å². The molecule has 0 spiro atoms. The lowest BCUT2D eigenvalue weighted by Gasteiger charge is -2.18. The van der Waals surface area contributed by atoms with Crippen LogP contribution in [0.4, 0.5) is 0 Å². The van der Waals surface area contributed by atoms with Gasteiger partial charge in [0.15, 0.2) is 0 Å². The number of carbonyl (C=O) groups excluding carboxylic acids is 2. The summed E-state index contributed by atoms with van der Waals surface area (Å²) in [5, 5.41) is 1.72. The molecule has 0 aliphatic heterocycles. The lowest BCUT2D eigenvalue weighted by Crippen LogP contribution is -2.22. The van der Waals surface area contributed by atoms with E-state index in [1.807, 2.05) is 24.3 Å². The van der Waals surface area contributed by atoms with Gasteiger partial charge in [-0.25, -0.2) is 9.59 Å². The van der Waals surface area contributed by atoms with Gasteiger partial charge < -0.3 is 18.9 Å². The van der Waals surface area contributed by atoms with Gasteiger partial charge >= 0.3 is 11.9 Å². The number of hydrogen-bond donors (Lipinski definition) is 0. The fourth-order valence-electron chi connectivity index (χ4n) is 2.54. The number of esters is 2. The lowest BCUT2D eigenvalue weighted by atomic mass is 10.1. The van der Waals surface area contributed by atoms with E-state index in [1.165, 1.54) is 0 Å². The lowest BCUT2D eigenvalue weighted by molar-refractivity contribution is -0.145. The van der Waals surface area contributed by atoms with E-state index in [0.29, 0.717) is 22.6 Å². The van der Waals surface area contributed by atoms with Crippen LogP contribution < -0.4 is 9.47 Å². The van der Waals surface area contributed by atoms with Crippen LogP contribution in [0.25, 0.3) is 10.8 Å². The van der Waals surface area contributed by atoms with Gasteiger partial charge in [-0.15, -0.1) is 0 Å². The van der Waals surface area contributed by atoms with Gasteiger partial charge in [-0.05, 0) is 39.8 Å². The molecule has 2 rings (SSSR count). The van der Waals surface area contributed by atoms with E-state index in [9.17, 15) is 9.59 Å². The Hall–Kier alpha value is -3.28. The minimum absolute atomic E-state index is 0.205. The largest absolute Gasteiger partial charge is 0.489 e. The highest BCUT2D eigenvalue weighted by atomic mass is 16.6. The topological polar surface area (TPSA) is 71.1 Å². The van der Waals surface area contributed by atoms with E-state index in [4.69, 9.17) is 18.9 Å². The van der Waals surface area contributed by atoms with Crippen molar-refractivity contribution in [2.24, 2.45) is 0 Å². The van der Waals surface area contributed by atoms with Crippen molar-refractivity contribution in [3.63, 3.8) is 0 Å². The molecular formula is C24H28O6. The Kier molecular flexibility index (Phi) is 8.04. The summed E-state index contributed by atoms with van der Waals surface area (Å²) < 4.78 is 22.3. The molecule has 0 aliphatic rings. The summed E-state index contributed by atoms with van der Waals surface area (Å²) in [6, 6.07) is 11.3. The second kappa shape index (κ2) is 10.5. The molecule has 160 valence electrons. The highest BCUT2D eigenvalue weighted by Gasteiger charge is 2.15. The van der Waals surface area contributed by atoms with Crippen LogP contribution in [-0.4, -0.2) is 37.4 Å². The van der Waals surface area contributed by atoms with E-state index in [0.717, 1.165) is 10.8 Å². The second-order valence-corrected chi connectivity index (χ2v) is 7.22. The first kappa shape index (κ1) is 23.0. The van der Waals surface area contributed by atoms with E-state index < -0.39 is 24.1 Å². The van der Waals surface area contributed by atoms with Crippen LogP contribution in [-0.2, 0) is 19.1 Å². The molecular weight excluding hydrogens is 384 g/mol. The predicted octanol–water partition coefficient (Wildman–Crippen LogP) is 4.61. The number of fused-ring (bicyclic) bond motifs is 1. The molecule has 2 aromatic carbocycles. The van der Waals surface area contributed by atoms with Gasteiger partial charge in [0.05, 0.1) is 0 Å². The molecule has 2 unspecified atom stereocenters. The Balaban J connectivity index is 2.07. The molecule has 0 radical (unpaired) electrons. The molecule has 2 aromatic rings. The number of ether oxygens (including phenoxy) is 4. The van der Waals surface area contributed by atoms with Crippen LogP contribution in [0.2, 0.25) is 0 Å². The number of hydrogen-bond acceptors (Lipinski definition) is 6. The van der Waals surface area contributed by atoms with Crippen molar-refractivity contribution < 1.29 is 28.5 Å². The molecule has 0 amide bonds. The standard InChI is InChI=1S/C24H28O6/c1-15(2)23(25)29-17(5)13-27-21-11-12-22(20-10-8-7-9-19(20)21)28-14-18(6)30-24(26)16(3)4/h7-12,17-18H,1,3,13-14H2,2,4-6H3. The maximum atomic E-state index is 11.6. The van der Waals surface area contributed by atoms with Gasteiger partial charge in [0, 0.05) is 21.9 Å². The average Bonchev–Trinajstić information content (AvgIpc) is 2.70. The Labute approximate surface area is 177 Å². The van der Waals surface area contributed by atoms with Gasteiger partial charge in [-0.1, -0.05) is 37.4 Å². The highest BCUT2D eigenvalue weighted by molar-refractivity contribution is 5.93. The summed E-state index contributed by atoms with van der Waals surface area (Å²) in [6.45, 7) is 14.3. The molecule has 6 nitrogen and oxygen atoms in total. The van der Waals surface area contributed by atoms with Crippen molar-refractivity contribution in [2.75, 3.05) is 13.2 Å². The zero-order valence-electron chi connectivity index (χ0n) is 17.9. The van der Waals surface area contributed by atoms with Gasteiger partial charge in [-0.2, -0.15) is 0 Å². The van der Waals surface area contributed by atoms with Crippen LogP contribution in [0.15, 0.2) is 60.7 Å². The monoisotopic (exact) mass is 412 g/mol. The molecule has 0 heterocycles. The summed E-state index contributed by atoms with van der Waals surface area (Å²) in [6.07, 6.45) is -0.847. The van der Waals surface area contributed by atoms with E-state index >= 15 is 0 Å². The van der Waals surface area contributed by atoms with Crippen molar-refractivity contribution in [3.05, 3.63) is 60.7 Å². The second-order valence-electron chi connectivity index (χ2n) is 7.22. The number of rotatable bonds is 10. The molecule has 0 bridgehead atoms. The van der Waals surface area contributed by atoms with Crippen molar-refractivity contribution in [3.8, 4) is 11.5 Å². The Morgan fingerprint density at radius 2 is 1.13 bits per heavy atom. The molecule has 2 atom stereocenters. The number of carbonyl (C=O) groups is 2. The summed E-state index contributed by atoms with van der Waals surface area (Å²) in [5.41, 5.74) is 0.689. The van der Waals surface area contributed by atoms with Crippen LogP contribution >= 0.6 is 0 Å². The van der Waals surface area contributed by atoms with Crippen LogP contribution in [0.5, 0.6) is 11.5 Å². The molecule has 0 saturated carbocycles. The van der Waals surface area contributed by atoms with E-state index in [2.05, 4.69) is 13.2 Å².